The van der Waals surface area contributed by atoms with Crippen molar-refractivity contribution in [3.8, 4) is 0 Å². The van der Waals surface area contributed by atoms with Gasteiger partial charge in [0.25, 0.3) is 5.91 Å². The Morgan fingerprint density at radius 3 is 2.76 bits per heavy atom. The summed E-state index contributed by atoms with van der Waals surface area (Å²) in [5.74, 6) is -2.00. The van der Waals surface area contributed by atoms with Crippen molar-refractivity contribution in [1.29, 1.82) is 0 Å². The first-order valence-electron chi connectivity index (χ1n) is 11.7. The predicted octanol–water partition coefficient (Wildman–Crippen LogP) is 3.55. The summed E-state index contributed by atoms with van der Waals surface area (Å²) in [4.78, 5) is 24.4. The quantitative estimate of drug-likeness (QED) is 0.692. The zero-order valence-corrected chi connectivity index (χ0v) is 19.5. The van der Waals surface area contributed by atoms with Crippen molar-refractivity contribution in [3.63, 3.8) is 0 Å². The van der Waals surface area contributed by atoms with Gasteiger partial charge in [0.15, 0.2) is 0 Å². The summed E-state index contributed by atoms with van der Waals surface area (Å²) in [5.41, 5.74) is 3.24. The van der Waals surface area contributed by atoms with Crippen molar-refractivity contribution < 1.29 is 23.8 Å². The molecule has 1 spiro atoms. The molecule has 1 saturated heterocycles. The van der Waals surface area contributed by atoms with E-state index in [4.69, 9.17) is 9.84 Å². The average molecular weight is 458 g/mol. The lowest BCUT2D eigenvalue weighted by atomic mass is 9.76. The molecule has 0 radical (unpaired) electrons. The number of nitrogens with one attached hydrogen (secondary N) is 1. The number of aryl methyl sites for hydroxylation is 2. The second-order valence-electron chi connectivity index (χ2n) is 9.61. The lowest BCUT2D eigenvalue weighted by Gasteiger charge is -2.36. The molecule has 1 aromatic heterocycles. The lowest BCUT2D eigenvalue weighted by molar-refractivity contribution is 0.0152. The normalized spacial score (nSPS) is 18.5. The van der Waals surface area contributed by atoms with Gasteiger partial charge < -0.3 is 15.2 Å². The highest BCUT2D eigenvalue weighted by molar-refractivity contribution is 5.97. The molecule has 2 N–H and O–H groups in total. The Hall–Kier alpha value is -2.74. The topological polar surface area (TPSA) is 93.5 Å². The molecule has 8 heteroatoms. The predicted molar refractivity (Wildman–Crippen MR) is 121 cm³/mol. The maximum absolute atomic E-state index is 14.9. The van der Waals surface area contributed by atoms with Crippen LogP contribution in [0.25, 0.3) is 0 Å². The number of aromatic nitrogens is 2. The molecule has 4 rings (SSSR count). The third-order valence-electron chi connectivity index (χ3n) is 7.16. The Balaban J connectivity index is 1.64. The summed E-state index contributed by atoms with van der Waals surface area (Å²) in [6.07, 6.45) is 3.58. The van der Waals surface area contributed by atoms with Gasteiger partial charge in [0.1, 0.15) is 5.82 Å². The zero-order chi connectivity index (χ0) is 23.8. The molecule has 3 heterocycles. The number of ether oxygens (including phenoxy) is 1. The molecule has 0 aliphatic carbocycles. The fourth-order valence-electron chi connectivity index (χ4n) is 5.17. The fraction of sp³-hybridized carbons (Fsp3) is 0.560. The Kier molecular flexibility index (Phi) is 6.56. The van der Waals surface area contributed by atoms with Crippen LogP contribution in [-0.4, -0.2) is 46.5 Å². The van der Waals surface area contributed by atoms with Crippen molar-refractivity contribution >= 4 is 11.9 Å². The minimum Gasteiger partial charge on any atom is -0.478 e. The number of nitrogens with zero attached hydrogens (tertiary/aromatic N) is 2. The molecule has 2 aromatic rings. The number of carbonyl (C=O) groups is 2. The summed E-state index contributed by atoms with van der Waals surface area (Å²) in [6, 6.07) is 2.97. The van der Waals surface area contributed by atoms with Crippen LogP contribution in [0, 0.1) is 24.1 Å². The number of carboxylic acids is 1. The molecule has 2 aliphatic heterocycles. The Labute approximate surface area is 193 Å². The third kappa shape index (κ3) is 4.53. The average Bonchev–Trinajstić information content (AvgIpc) is 3.04. The van der Waals surface area contributed by atoms with E-state index in [-0.39, 0.29) is 22.8 Å². The Morgan fingerprint density at radius 2 is 2.09 bits per heavy atom. The second-order valence-corrected chi connectivity index (χ2v) is 9.61. The van der Waals surface area contributed by atoms with E-state index in [2.05, 4.69) is 5.32 Å². The fourth-order valence-corrected chi connectivity index (χ4v) is 5.17. The van der Waals surface area contributed by atoms with Crippen LogP contribution in [0.1, 0.15) is 69.9 Å². The lowest BCUT2D eigenvalue weighted by Crippen LogP contribution is -2.40. The Morgan fingerprint density at radius 1 is 1.36 bits per heavy atom. The van der Waals surface area contributed by atoms with E-state index in [0.29, 0.717) is 50.3 Å². The SMILES string of the molecule is CCc1nn(C[C@H](C)Cc2c(C)ccc(C(=O)O)c2F)c2c1C(=O)NCC1(CCOCC1)C2. The number of amides is 1. The molecular formula is C25H32FN3O4. The van der Waals surface area contributed by atoms with E-state index >= 15 is 0 Å². The summed E-state index contributed by atoms with van der Waals surface area (Å²) >= 11 is 0. The van der Waals surface area contributed by atoms with E-state index in [1.165, 1.54) is 6.07 Å². The molecule has 0 bridgehead atoms. The molecule has 1 atom stereocenters. The largest absolute Gasteiger partial charge is 0.478 e. The number of hydrogen-bond acceptors (Lipinski definition) is 4. The van der Waals surface area contributed by atoms with Gasteiger partial charge >= 0.3 is 5.97 Å². The molecule has 1 amide bonds. The van der Waals surface area contributed by atoms with Gasteiger partial charge in [-0.2, -0.15) is 5.10 Å². The van der Waals surface area contributed by atoms with Gasteiger partial charge in [-0.15, -0.1) is 0 Å². The van der Waals surface area contributed by atoms with Crippen molar-refractivity contribution in [2.24, 2.45) is 11.3 Å². The number of aromatic carboxylic acids is 1. The van der Waals surface area contributed by atoms with Crippen LogP contribution >= 0.6 is 0 Å². The monoisotopic (exact) mass is 457 g/mol. The molecule has 7 nitrogen and oxygen atoms in total. The molecule has 0 saturated carbocycles. The second kappa shape index (κ2) is 9.25. The highest BCUT2D eigenvalue weighted by Crippen LogP contribution is 2.37. The van der Waals surface area contributed by atoms with Crippen molar-refractivity contribution in [2.75, 3.05) is 19.8 Å². The molecule has 33 heavy (non-hydrogen) atoms. The van der Waals surface area contributed by atoms with Gasteiger partial charge in [-0.1, -0.05) is 19.9 Å². The first-order chi connectivity index (χ1) is 15.7. The molecular weight excluding hydrogens is 425 g/mol. The standard InChI is InChI=1S/C25H32FN3O4/c1-4-19-21-20(12-25(14-27-23(21)30)7-9-33-10-8-25)29(28-19)13-15(2)11-18-16(3)5-6-17(22(18)26)24(31)32/h5-6,15H,4,7-14H2,1-3H3,(H,27,30)(H,31,32)/t15-/m1/s1. The van der Waals surface area contributed by atoms with Gasteiger partial charge in [0.05, 0.1) is 22.5 Å². The van der Waals surface area contributed by atoms with Crippen LogP contribution in [0.4, 0.5) is 4.39 Å². The van der Waals surface area contributed by atoms with Gasteiger partial charge in [0, 0.05) is 26.3 Å². The van der Waals surface area contributed by atoms with Crippen molar-refractivity contribution in [1.82, 2.24) is 15.1 Å². The van der Waals surface area contributed by atoms with Crippen LogP contribution in [0.15, 0.2) is 12.1 Å². The molecule has 0 unspecified atom stereocenters. The molecule has 2 aliphatic rings. The smallest absolute Gasteiger partial charge is 0.338 e. The van der Waals surface area contributed by atoms with Crippen LogP contribution in [-0.2, 0) is 30.5 Å². The van der Waals surface area contributed by atoms with E-state index in [1.807, 2.05) is 18.5 Å². The Bertz CT molecular complexity index is 1070. The van der Waals surface area contributed by atoms with Gasteiger partial charge in [-0.05, 0) is 67.6 Å². The number of fused-ring (bicyclic) bond motifs is 1. The molecule has 1 fully saturated rings. The highest BCUT2D eigenvalue weighted by Gasteiger charge is 2.39. The maximum atomic E-state index is 14.9. The number of rotatable bonds is 6. The number of carbonyl (C=O) groups excluding carboxylic acids is 1. The summed E-state index contributed by atoms with van der Waals surface area (Å²) < 4.78 is 22.4. The summed E-state index contributed by atoms with van der Waals surface area (Å²) in [7, 11) is 0. The number of benzene rings is 1. The van der Waals surface area contributed by atoms with Gasteiger partial charge in [0.2, 0.25) is 0 Å². The number of halogens is 1. The minimum atomic E-state index is -1.26. The molecule has 1 aromatic carbocycles. The minimum absolute atomic E-state index is 0.00657. The highest BCUT2D eigenvalue weighted by atomic mass is 19.1. The third-order valence-corrected chi connectivity index (χ3v) is 7.16. The van der Waals surface area contributed by atoms with Crippen molar-refractivity contribution in [3.05, 3.63) is 51.6 Å². The van der Waals surface area contributed by atoms with E-state index in [0.717, 1.165) is 36.2 Å². The van der Waals surface area contributed by atoms with Crippen molar-refractivity contribution in [2.45, 2.75) is 59.4 Å². The number of hydrogen-bond donors (Lipinski definition) is 2. The summed E-state index contributed by atoms with van der Waals surface area (Å²) in [6.45, 7) is 8.34. The van der Waals surface area contributed by atoms with E-state index in [1.54, 1.807) is 13.0 Å². The van der Waals surface area contributed by atoms with Crippen LogP contribution in [0.5, 0.6) is 0 Å². The van der Waals surface area contributed by atoms with Gasteiger partial charge in [-0.25, -0.2) is 9.18 Å². The van der Waals surface area contributed by atoms with Gasteiger partial charge in [-0.3, -0.25) is 9.48 Å². The summed E-state index contributed by atoms with van der Waals surface area (Å²) in [5, 5.41) is 17.2. The zero-order valence-electron chi connectivity index (χ0n) is 19.5. The van der Waals surface area contributed by atoms with Crippen LogP contribution in [0.3, 0.4) is 0 Å². The first kappa shape index (κ1) is 23.4. The maximum Gasteiger partial charge on any atom is 0.338 e. The number of carboxylic acid groups (broad SMARTS) is 1. The first-order valence-corrected chi connectivity index (χ1v) is 11.7. The van der Waals surface area contributed by atoms with Crippen LogP contribution < -0.4 is 5.32 Å². The van der Waals surface area contributed by atoms with E-state index in [9.17, 15) is 19.1 Å². The van der Waals surface area contributed by atoms with Crippen LogP contribution in [0.2, 0.25) is 0 Å². The van der Waals surface area contributed by atoms with E-state index < -0.39 is 11.8 Å². The molecule has 178 valence electrons.